The molecule has 0 aromatic carbocycles. The van der Waals surface area contributed by atoms with Crippen LogP contribution in [0.5, 0.6) is 0 Å². The Morgan fingerprint density at radius 2 is 1.94 bits per heavy atom. The van der Waals surface area contributed by atoms with Gasteiger partial charge in [-0.3, -0.25) is 0 Å². The summed E-state index contributed by atoms with van der Waals surface area (Å²) in [5.74, 6) is 1.25. The van der Waals surface area contributed by atoms with E-state index in [1.54, 1.807) is 0 Å². The minimum absolute atomic E-state index is 0.256. The number of aromatic nitrogens is 3. The van der Waals surface area contributed by atoms with Crippen molar-refractivity contribution < 1.29 is 0 Å². The number of halogens is 1. The molecule has 1 saturated heterocycles. The van der Waals surface area contributed by atoms with E-state index in [4.69, 9.17) is 11.6 Å². The molecule has 0 saturated carbocycles. The van der Waals surface area contributed by atoms with Gasteiger partial charge in [-0.05, 0) is 37.8 Å². The Hall–Kier alpha value is -1.10. The second-order valence-electron chi connectivity index (χ2n) is 3.81. The van der Waals surface area contributed by atoms with Crippen molar-refractivity contribution in [3.63, 3.8) is 0 Å². The smallest absolute Gasteiger partial charge is 0.231 e. The molecule has 0 spiro atoms. The molecular formula is C10H16ClN5. The topological polar surface area (TPSA) is 53.9 Å². The van der Waals surface area contributed by atoms with Crippen LogP contribution in [0.25, 0.3) is 0 Å². The molecule has 5 nitrogen and oxygen atoms in total. The molecule has 88 valence electrons. The maximum Gasteiger partial charge on any atom is 0.231 e. The van der Waals surface area contributed by atoms with Gasteiger partial charge in [0.05, 0.1) is 0 Å². The van der Waals surface area contributed by atoms with E-state index >= 15 is 0 Å². The van der Waals surface area contributed by atoms with Gasteiger partial charge in [0.1, 0.15) is 0 Å². The lowest BCUT2D eigenvalue weighted by Crippen LogP contribution is -2.31. The number of anilines is 2. The van der Waals surface area contributed by atoms with Crippen molar-refractivity contribution in [3.05, 3.63) is 5.28 Å². The highest BCUT2D eigenvalue weighted by Gasteiger charge is 2.15. The van der Waals surface area contributed by atoms with Crippen LogP contribution in [0.1, 0.15) is 26.2 Å². The summed E-state index contributed by atoms with van der Waals surface area (Å²) in [6, 6.07) is 0. The summed E-state index contributed by atoms with van der Waals surface area (Å²) in [4.78, 5) is 14.7. The molecule has 1 aliphatic rings. The Balaban J connectivity index is 2.18. The van der Waals surface area contributed by atoms with Crippen LogP contribution in [-0.4, -0.2) is 34.6 Å². The highest BCUT2D eigenvalue weighted by molar-refractivity contribution is 6.28. The Bertz CT molecular complexity index is 351. The number of rotatable bonds is 3. The predicted molar refractivity (Wildman–Crippen MR) is 65.1 cm³/mol. The average Bonchev–Trinajstić information content (AvgIpc) is 2.30. The zero-order valence-corrected chi connectivity index (χ0v) is 10.2. The van der Waals surface area contributed by atoms with E-state index in [-0.39, 0.29) is 5.28 Å². The van der Waals surface area contributed by atoms with E-state index in [2.05, 4.69) is 25.2 Å². The number of hydrogen-bond donors (Lipinski definition) is 1. The lowest BCUT2D eigenvalue weighted by molar-refractivity contribution is 0.567. The lowest BCUT2D eigenvalue weighted by Gasteiger charge is -2.26. The van der Waals surface area contributed by atoms with E-state index in [1.807, 2.05) is 6.92 Å². The van der Waals surface area contributed by atoms with Gasteiger partial charge in [0.25, 0.3) is 0 Å². The van der Waals surface area contributed by atoms with E-state index in [0.29, 0.717) is 11.9 Å². The van der Waals surface area contributed by atoms with Crippen LogP contribution in [0.2, 0.25) is 5.28 Å². The molecule has 2 rings (SSSR count). The first-order chi connectivity index (χ1) is 7.79. The molecule has 0 bridgehead atoms. The predicted octanol–water partition coefficient (Wildman–Crippen LogP) is 1.95. The van der Waals surface area contributed by atoms with E-state index in [0.717, 1.165) is 19.6 Å². The maximum atomic E-state index is 5.88. The van der Waals surface area contributed by atoms with E-state index < -0.39 is 0 Å². The van der Waals surface area contributed by atoms with Gasteiger partial charge in [-0.25, -0.2) is 0 Å². The van der Waals surface area contributed by atoms with E-state index in [9.17, 15) is 0 Å². The standard InChI is InChI=1S/C10H16ClN5/c1-2-12-9-13-8(11)14-10(15-9)16-6-4-3-5-7-16/h2-7H2,1H3,(H,12,13,14,15). The van der Waals surface area contributed by atoms with Crippen LogP contribution in [0, 0.1) is 0 Å². The molecular weight excluding hydrogens is 226 g/mol. The summed E-state index contributed by atoms with van der Waals surface area (Å²) < 4.78 is 0. The van der Waals surface area contributed by atoms with Gasteiger partial charge in [0.2, 0.25) is 17.2 Å². The van der Waals surface area contributed by atoms with Crippen molar-refractivity contribution in [1.29, 1.82) is 0 Å². The molecule has 0 unspecified atom stereocenters. The zero-order valence-electron chi connectivity index (χ0n) is 9.41. The third-order valence-corrected chi connectivity index (χ3v) is 2.74. The van der Waals surface area contributed by atoms with Crippen LogP contribution in [-0.2, 0) is 0 Å². The minimum Gasteiger partial charge on any atom is -0.354 e. The van der Waals surface area contributed by atoms with E-state index in [1.165, 1.54) is 19.3 Å². The van der Waals surface area contributed by atoms with Gasteiger partial charge in [0, 0.05) is 19.6 Å². The Labute approximate surface area is 100 Å². The van der Waals surface area contributed by atoms with Crippen molar-refractivity contribution in [1.82, 2.24) is 15.0 Å². The molecule has 1 aromatic rings. The number of nitrogens with one attached hydrogen (secondary N) is 1. The SMILES string of the molecule is CCNc1nc(Cl)nc(N2CCCCC2)n1. The van der Waals surface area contributed by atoms with Crippen LogP contribution < -0.4 is 10.2 Å². The van der Waals surface area contributed by atoms with Crippen molar-refractivity contribution in [2.45, 2.75) is 26.2 Å². The highest BCUT2D eigenvalue weighted by atomic mass is 35.5. The molecule has 0 atom stereocenters. The molecule has 0 radical (unpaired) electrons. The Morgan fingerprint density at radius 1 is 1.19 bits per heavy atom. The molecule has 2 heterocycles. The second kappa shape index (κ2) is 5.30. The second-order valence-corrected chi connectivity index (χ2v) is 4.14. The first kappa shape index (κ1) is 11.4. The van der Waals surface area contributed by atoms with Crippen LogP contribution >= 0.6 is 11.6 Å². The Morgan fingerprint density at radius 3 is 2.62 bits per heavy atom. The summed E-state index contributed by atoms with van der Waals surface area (Å²) >= 11 is 5.88. The molecule has 1 N–H and O–H groups in total. The number of hydrogen-bond acceptors (Lipinski definition) is 5. The largest absolute Gasteiger partial charge is 0.354 e. The Kier molecular flexibility index (Phi) is 3.77. The summed E-state index contributed by atoms with van der Waals surface area (Å²) in [7, 11) is 0. The minimum atomic E-state index is 0.256. The number of piperidine rings is 1. The van der Waals surface area contributed by atoms with Gasteiger partial charge in [-0.1, -0.05) is 0 Å². The van der Waals surface area contributed by atoms with Gasteiger partial charge in [-0.2, -0.15) is 15.0 Å². The summed E-state index contributed by atoms with van der Waals surface area (Å²) in [6.07, 6.45) is 3.68. The van der Waals surface area contributed by atoms with Crippen LogP contribution in [0.15, 0.2) is 0 Å². The monoisotopic (exact) mass is 241 g/mol. The van der Waals surface area contributed by atoms with Crippen LogP contribution in [0.3, 0.4) is 0 Å². The van der Waals surface area contributed by atoms with Crippen molar-refractivity contribution in [2.75, 3.05) is 29.9 Å². The third kappa shape index (κ3) is 2.72. The maximum absolute atomic E-state index is 5.88. The zero-order chi connectivity index (χ0) is 11.4. The van der Waals surface area contributed by atoms with Gasteiger partial charge < -0.3 is 10.2 Å². The van der Waals surface area contributed by atoms with Gasteiger partial charge >= 0.3 is 0 Å². The normalized spacial score (nSPS) is 16.2. The molecule has 16 heavy (non-hydrogen) atoms. The molecule has 1 aromatic heterocycles. The first-order valence-electron chi connectivity index (χ1n) is 5.70. The average molecular weight is 242 g/mol. The van der Waals surface area contributed by atoms with Crippen LogP contribution in [0.4, 0.5) is 11.9 Å². The fourth-order valence-corrected chi connectivity index (χ4v) is 1.97. The fourth-order valence-electron chi connectivity index (χ4n) is 1.81. The summed E-state index contributed by atoms with van der Waals surface area (Å²) in [5, 5.41) is 3.31. The van der Waals surface area contributed by atoms with Crippen molar-refractivity contribution >= 4 is 23.5 Å². The summed E-state index contributed by atoms with van der Waals surface area (Å²) in [6.45, 7) is 4.79. The number of nitrogens with zero attached hydrogens (tertiary/aromatic N) is 4. The van der Waals surface area contributed by atoms with Gasteiger partial charge in [-0.15, -0.1) is 0 Å². The van der Waals surface area contributed by atoms with Crippen molar-refractivity contribution in [3.8, 4) is 0 Å². The molecule has 0 aliphatic carbocycles. The van der Waals surface area contributed by atoms with Gasteiger partial charge in [0.15, 0.2) is 0 Å². The molecule has 1 aliphatic heterocycles. The van der Waals surface area contributed by atoms with Crippen molar-refractivity contribution in [2.24, 2.45) is 0 Å². The molecule has 6 heteroatoms. The highest BCUT2D eigenvalue weighted by Crippen LogP contribution is 2.18. The fraction of sp³-hybridized carbons (Fsp3) is 0.700. The molecule has 0 amide bonds. The lowest BCUT2D eigenvalue weighted by atomic mass is 10.1. The quantitative estimate of drug-likeness (QED) is 0.877. The first-order valence-corrected chi connectivity index (χ1v) is 6.08. The summed E-state index contributed by atoms with van der Waals surface area (Å²) in [5.41, 5.74) is 0. The molecule has 1 fully saturated rings. The third-order valence-electron chi connectivity index (χ3n) is 2.57.